The van der Waals surface area contributed by atoms with Gasteiger partial charge in [0.2, 0.25) is 0 Å². The van der Waals surface area contributed by atoms with Gasteiger partial charge in [0.15, 0.2) is 5.78 Å². The fourth-order valence-corrected chi connectivity index (χ4v) is 6.44. The highest BCUT2D eigenvalue weighted by Gasteiger charge is 2.25. The van der Waals surface area contributed by atoms with E-state index in [0.717, 1.165) is 38.0 Å². The van der Waals surface area contributed by atoms with Crippen LogP contribution in [0.5, 0.6) is 0 Å². The lowest BCUT2D eigenvalue weighted by molar-refractivity contribution is -0.146. The molecule has 5 aromatic carbocycles. The number of anilines is 3. The molecule has 0 N–H and O–H groups in total. The van der Waals surface area contributed by atoms with Gasteiger partial charge in [0.05, 0.1) is 11.4 Å². The molecule has 0 saturated carbocycles. The summed E-state index contributed by atoms with van der Waals surface area (Å²) in [6.07, 6.45) is 0. The summed E-state index contributed by atoms with van der Waals surface area (Å²) in [5.74, 6) is -2.94. The summed E-state index contributed by atoms with van der Waals surface area (Å²) in [6.45, 7) is 7.57. The summed E-state index contributed by atoms with van der Waals surface area (Å²) in [5.41, 5.74) is 6.53. The predicted molar refractivity (Wildman–Crippen MR) is 211 cm³/mol. The molecule has 0 saturated heterocycles. The lowest BCUT2D eigenvalue weighted by Gasteiger charge is -2.26. The Labute approximate surface area is 322 Å². The zero-order valence-electron chi connectivity index (χ0n) is 30.7. The van der Waals surface area contributed by atoms with Gasteiger partial charge in [-0.1, -0.05) is 63.6 Å². The average Bonchev–Trinajstić information content (AvgIpc) is 3.20. The number of hydrogen-bond acceptors (Lipinski definition) is 12. The van der Waals surface area contributed by atoms with Crippen molar-refractivity contribution in [3.63, 3.8) is 0 Å². The summed E-state index contributed by atoms with van der Waals surface area (Å²) in [7, 11) is 0. The number of benzene rings is 5. The van der Waals surface area contributed by atoms with Gasteiger partial charge in [-0.05, 0) is 117 Å². The quantitative estimate of drug-likeness (QED) is 0.100. The van der Waals surface area contributed by atoms with Crippen molar-refractivity contribution in [2.75, 3.05) is 4.90 Å². The molecule has 5 aliphatic heterocycles. The van der Waals surface area contributed by atoms with E-state index in [2.05, 4.69) is 15.5 Å². The second-order valence-electron chi connectivity index (χ2n) is 12.6. The molecular weight excluding hydrogens is 717 g/mol. The average molecular weight is 753 g/mol. The van der Waals surface area contributed by atoms with Gasteiger partial charge >= 0.3 is 17.9 Å². The highest BCUT2D eigenvalue weighted by atomic mass is 32.2. The van der Waals surface area contributed by atoms with Crippen LogP contribution in [0.1, 0.15) is 67.2 Å². The zero-order chi connectivity index (χ0) is 39.1. The molecule has 276 valence electrons. The zero-order valence-corrected chi connectivity index (χ0v) is 31.5. The Morgan fingerprint density at radius 2 is 1.11 bits per heavy atom. The van der Waals surface area contributed by atoms with Crippen molar-refractivity contribution in [1.82, 2.24) is 0 Å². The van der Waals surface area contributed by atoms with E-state index < -0.39 is 23.8 Å². The van der Waals surface area contributed by atoms with Crippen LogP contribution in [0, 0.1) is 5.92 Å². The number of rotatable bonds is 4. The number of fused-ring (bicyclic) bond motifs is 4. The first-order valence-corrected chi connectivity index (χ1v) is 18.1. The Balaban J connectivity index is 1.43. The third-order valence-corrected chi connectivity index (χ3v) is 9.61. The maximum atomic E-state index is 13.6. The van der Waals surface area contributed by atoms with Crippen LogP contribution in [-0.2, 0) is 28.9 Å². The standard InChI is InChI=1S/C43H36N4O7S/c1-26-41(46-53-30(5)49)33-8-18-37(19-9-33)47(36-16-6-31(7-17-36)27(2)44-52-29(4)48)38-20-10-34(11-21-38)42(50)35-14-24-40(25-15-35)55-39-22-12-32(13-23-39)28(3)45-54-43(26)51/h6-26H,1-5H3/b44-27+,45-28?,46-41?. The number of carbonyl (C=O) groups is 4. The molecule has 10 rings (SSSR count). The van der Waals surface area contributed by atoms with Gasteiger partial charge in [-0.15, -0.1) is 0 Å². The van der Waals surface area contributed by atoms with E-state index in [9.17, 15) is 19.2 Å². The Morgan fingerprint density at radius 1 is 0.655 bits per heavy atom. The molecule has 0 aromatic heterocycles. The minimum Gasteiger partial charge on any atom is -0.318 e. The number of hydrogen-bond donors (Lipinski definition) is 0. The van der Waals surface area contributed by atoms with Crippen molar-refractivity contribution in [2.24, 2.45) is 21.4 Å². The Bertz CT molecular complexity index is 2320. The van der Waals surface area contributed by atoms with Crippen molar-refractivity contribution < 1.29 is 33.7 Å². The normalized spacial score (nSPS) is 15.7. The molecule has 1 unspecified atom stereocenters. The molecule has 11 nitrogen and oxygen atoms in total. The van der Waals surface area contributed by atoms with E-state index in [1.807, 2.05) is 102 Å². The summed E-state index contributed by atoms with van der Waals surface area (Å²) in [4.78, 5) is 69.1. The number of nitrogens with zero attached hydrogens (tertiary/aromatic N) is 4. The van der Waals surface area contributed by atoms with Crippen LogP contribution in [0.4, 0.5) is 17.1 Å². The number of ketones is 1. The minimum absolute atomic E-state index is 0.110. The van der Waals surface area contributed by atoms with Crippen LogP contribution < -0.4 is 4.90 Å². The smallest absolute Gasteiger partial charge is 0.318 e. The maximum absolute atomic E-state index is 13.6. The van der Waals surface area contributed by atoms with Crippen LogP contribution in [0.15, 0.2) is 147 Å². The Morgan fingerprint density at radius 3 is 1.62 bits per heavy atom. The van der Waals surface area contributed by atoms with E-state index in [-0.39, 0.29) is 11.5 Å². The van der Waals surface area contributed by atoms with Gasteiger partial charge in [-0.2, -0.15) is 0 Å². The highest BCUT2D eigenvalue weighted by molar-refractivity contribution is 7.99. The lowest BCUT2D eigenvalue weighted by Crippen LogP contribution is -2.24. The fourth-order valence-electron chi connectivity index (χ4n) is 5.62. The highest BCUT2D eigenvalue weighted by Crippen LogP contribution is 2.36. The SMILES string of the molecule is CC(=O)ON=C1c2ccc(cc2)N(c2ccc(/C(C)=N/OC(C)=O)cc2)c2ccc(cc2)C(=O)c2ccc(cc2)Sc2ccc(cc2)C(C)=NOC(=O)C1C. The minimum atomic E-state index is -0.966. The molecule has 0 radical (unpaired) electrons. The fraction of sp³-hybridized carbons (Fsp3) is 0.140. The van der Waals surface area contributed by atoms with E-state index in [1.54, 1.807) is 56.8 Å². The first kappa shape index (κ1) is 38.1. The molecule has 8 bridgehead atoms. The molecule has 0 fully saturated rings. The van der Waals surface area contributed by atoms with Crippen LogP contribution in [-0.4, -0.2) is 40.8 Å². The van der Waals surface area contributed by atoms with Crippen molar-refractivity contribution in [1.29, 1.82) is 0 Å². The molecule has 12 heteroatoms. The van der Waals surface area contributed by atoms with Gasteiger partial charge < -0.3 is 19.4 Å². The van der Waals surface area contributed by atoms with Crippen LogP contribution in [0.25, 0.3) is 0 Å². The molecule has 5 aromatic rings. The topological polar surface area (TPSA) is 136 Å². The van der Waals surface area contributed by atoms with E-state index in [0.29, 0.717) is 28.1 Å². The molecular formula is C43H36N4O7S. The molecule has 0 aliphatic carbocycles. The number of carbonyl (C=O) groups excluding carboxylic acids is 4. The van der Waals surface area contributed by atoms with Crippen molar-refractivity contribution >= 4 is 69.7 Å². The van der Waals surface area contributed by atoms with Crippen molar-refractivity contribution in [3.05, 3.63) is 149 Å². The molecule has 5 heterocycles. The monoisotopic (exact) mass is 752 g/mol. The van der Waals surface area contributed by atoms with Crippen LogP contribution in [0.2, 0.25) is 0 Å². The molecule has 55 heavy (non-hydrogen) atoms. The predicted octanol–water partition coefficient (Wildman–Crippen LogP) is 9.01. The molecule has 5 aliphatic rings. The van der Waals surface area contributed by atoms with Gasteiger partial charge in [-0.25, -0.2) is 14.4 Å². The van der Waals surface area contributed by atoms with Gasteiger partial charge in [-0.3, -0.25) is 4.79 Å². The first-order valence-electron chi connectivity index (χ1n) is 17.2. The Hall–Kier alpha value is -6.66. The van der Waals surface area contributed by atoms with E-state index in [1.165, 1.54) is 13.8 Å². The summed E-state index contributed by atoms with van der Waals surface area (Å²) in [5, 5.41) is 12.0. The third kappa shape index (κ3) is 9.29. The third-order valence-electron chi connectivity index (χ3n) is 8.60. The first-order chi connectivity index (χ1) is 26.5. The summed E-state index contributed by atoms with van der Waals surface area (Å²) < 4.78 is 0. The molecule has 0 amide bonds. The number of oxime groups is 3. The second-order valence-corrected chi connectivity index (χ2v) is 13.7. The van der Waals surface area contributed by atoms with Crippen LogP contribution >= 0.6 is 11.8 Å². The van der Waals surface area contributed by atoms with Crippen molar-refractivity contribution in [3.8, 4) is 0 Å². The molecule has 0 spiro atoms. The lowest BCUT2D eigenvalue weighted by atomic mass is 9.98. The van der Waals surface area contributed by atoms with Crippen LogP contribution in [0.3, 0.4) is 0 Å². The largest absolute Gasteiger partial charge is 0.343 e. The maximum Gasteiger partial charge on any atom is 0.343 e. The van der Waals surface area contributed by atoms with Gasteiger partial charge in [0.25, 0.3) is 0 Å². The Kier molecular flexibility index (Phi) is 11.8. The second kappa shape index (κ2) is 17.0. The molecule has 1 atom stereocenters. The van der Waals surface area contributed by atoms with E-state index >= 15 is 0 Å². The van der Waals surface area contributed by atoms with E-state index in [4.69, 9.17) is 14.5 Å². The summed E-state index contributed by atoms with van der Waals surface area (Å²) >= 11 is 1.55. The van der Waals surface area contributed by atoms with Crippen molar-refractivity contribution in [2.45, 2.75) is 44.4 Å². The summed E-state index contributed by atoms with van der Waals surface area (Å²) in [6, 6.07) is 37.1. The van der Waals surface area contributed by atoms with Gasteiger partial charge in [0.1, 0.15) is 11.6 Å². The van der Waals surface area contributed by atoms with Gasteiger partial charge in [0, 0.05) is 57.4 Å².